The molecule has 0 saturated heterocycles. The van der Waals surface area contributed by atoms with Gasteiger partial charge in [-0.2, -0.15) is 26.3 Å². The van der Waals surface area contributed by atoms with Crippen molar-refractivity contribution in [3.8, 4) is 0 Å². The molecule has 41 heavy (non-hydrogen) atoms. The van der Waals surface area contributed by atoms with Crippen LogP contribution >= 0.6 is 0 Å². The van der Waals surface area contributed by atoms with E-state index in [2.05, 4.69) is 4.74 Å². The van der Waals surface area contributed by atoms with Gasteiger partial charge in [0.05, 0.1) is 24.8 Å². The first-order chi connectivity index (χ1) is 19.2. The number of amides is 1. The molecule has 0 heterocycles. The van der Waals surface area contributed by atoms with Crippen molar-refractivity contribution in [3.63, 3.8) is 0 Å². The van der Waals surface area contributed by atoms with Crippen LogP contribution in [0.5, 0.6) is 0 Å². The zero-order chi connectivity index (χ0) is 30.4. The lowest BCUT2D eigenvalue weighted by atomic mass is 10.0. The van der Waals surface area contributed by atoms with Gasteiger partial charge in [-0.25, -0.2) is 4.79 Å². The number of esters is 1. The van der Waals surface area contributed by atoms with Gasteiger partial charge in [-0.3, -0.25) is 4.79 Å². The second-order valence-electron chi connectivity index (χ2n) is 9.44. The number of carbonyl (C=O) groups is 2. The highest BCUT2D eigenvalue weighted by Gasteiger charge is 2.36. The van der Waals surface area contributed by atoms with Crippen LogP contribution in [0.1, 0.15) is 47.2 Å². The number of hydrogen-bond donors (Lipinski definition) is 0. The Morgan fingerprint density at radius 2 is 1.37 bits per heavy atom. The average molecular weight is 576 g/mol. The van der Waals surface area contributed by atoms with Gasteiger partial charge in [0.15, 0.2) is 0 Å². The summed E-state index contributed by atoms with van der Waals surface area (Å²) in [6.07, 6.45) is -4.43. The minimum atomic E-state index is -4.93. The molecule has 216 valence electrons. The van der Waals surface area contributed by atoms with Gasteiger partial charge in [0.2, 0.25) is 5.91 Å². The van der Waals surface area contributed by atoms with Gasteiger partial charge >= 0.3 is 18.3 Å². The molecule has 0 aliphatic rings. The van der Waals surface area contributed by atoms with Crippen molar-refractivity contribution in [1.29, 1.82) is 0 Å². The standard InChI is InChI=1S/C31H27F6NO3/c1-20(2)29(40)38(27-6-4-5-22(17-27)13-14-28(39)41-3)19-23-10-7-21(8-11-23)9-12-24-15-25(30(32,33)34)18-26(16-24)31(35,36)37/h4-18,20H,19H2,1-3H3/b12-9+,14-13+. The summed E-state index contributed by atoms with van der Waals surface area (Å²) < 4.78 is 83.5. The molecular formula is C31H27F6NO3. The molecule has 0 N–H and O–H groups in total. The Bertz CT molecular complexity index is 1410. The SMILES string of the molecule is COC(=O)/C=C/c1cccc(N(Cc2ccc(/C=C/c3cc(C(F)(F)F)cc(C(F)(F)F)c3)cc2)C(=O)C(C)C)c1. The van der Waals surface area contributed by atoms with Crippen LogP contribution in [0.15, 0.2) is 72.8 Å². The van der Waals surface area contributed by atoms with Gasteiger partial charge in [-0.1, -0.05) is 62.4 Å². The fourth-order valence-corrected chi connectivity index (χ4v) is 3.82. The summed E-state index contributed by atoms with van der Waals surface area (Å²) in [6, 6.07) is 15.2. The van der Waals surface area contributed by atoms with Crippen molar-refractivity contribution in [3.05, 3.63) is 106 Å². The molecule has 0 aromatic heterocycles. The predicted octanol–water partition coefficient (Wildman–Crippen LogP) is 8.27. The van der Waals surface area contributed by atoms with Gasteiger partial charge in [0, 0.05) is 17.7 Å². The van der Waals surface area contributed by atoms with E-state index in [4.69, 9.17) is 0 Å². The lowest BCUT2D eigenvalue weighted by Crippen LogP contribution is -2.33. The minimum Gasteiger partial charge on any atom is -0.466 e. The van der Waals surface area contributed by atoms with Crippen LogP contribution < -0.4 is 4.90 Å². The van der Waals surface area contributed by atoms with Gasteiger partial charge in [-0.15, -0.1) is 0 Å². The van der Waals surface area contributed by atoms with Gasteiger partial charge in [0.1, 0.15) is 0 Å². The van der Waals surface area contributed by atoms with E-state index < -0.39 is 29.4 Å². The number of rotatable bonds is 8. The molecule has 0 saturated carbocycles. The minimum absolute atomic E-state index is 0.0848. The summed E-state index contributed by atoms with van der Waals surface area (Å²) in [5.41, 5.74) is -0.459. The summed E-state index contributed by atoms with van der Waals surface area (Å²) in [5, 5.41) is 0. The number of anilines is 1. The Labute approximate surface area is 233 Å². The summed E-state index contributed by atoms with van der Waals surface area (Å²) in [5.74, 6) is -0.984. The number of benzene rings is 3. The van der Waals surface area contributed by atoms with Crippen LogP contribution in [0.2, 0.25) is 0 Å². The molecule has 3 aromatic rings. The number of halogens is 6. The third-order valence-electron chi connectivity index (χ3n) is 5.95. The van der Waals surface area contributed by atoms with Crippen molar-refractivity contribution in [2.45, 2.75) is 32.7 Å². The summed E-state index contributed by atoms with van der Waals surface area (Å²) in [4.78, 5) is 26.1. The Kier molecular flexibility index (Phi) is 9.80. The highest BCUT2D eigenvalue weighted by Crippen LogP contribution is 2.36. The molecule has 0 atom stereocenters. The fourth-order valence-electron chi connectivity index (χ4n) is 3.82. The number of methoxy groups -OCH3 is 1. The van der Waals surface area contributed by atoms with Crippen molar-refractivity contribution in [2.24, 2.45) is 5.92 Å². The zero-order valence-electron chi connectivity index (χ0n) is 22.4. The largest absolute Gasteiger partial charge is 0.466 e. The van der Waals surface area contributed by atoms with Gasteiger partial charge in [-0.05, 0) is 58.7 Å². The predicted molar refractivity (Wildman–Crippen MR) is 145 cm³/mol. The lowest BCUT2D eigenvalue weighted by Gasteiger charge is -2.25. The van der Waals surface area contributed by atoms with E-state index in [1.807, 2.05) is 0 Å². The van der Waals surface area contributed by atoms with Crippen molar-refractivity contribution < 1.29 is 40.7 Å². The lowest BCUT2D eigenvalue weighted by molar-refractivity contribution is -0.143. The second kappa shape index (κ2) is 12.9. The Balaban J connectivity index is 1.85. The number of hydrogen-bond acceptors (Lipinski definition) is 3. The number of alkyl halides is 6. The van der Waals surface area contributed by atoms with E-state index in [0.29, 0.717) is 28.9 Å². The first-order valence-electron chi connectivity index (χ1n) is 12.4. The molecule has 0 aliphatic carbocycles. The molecule has 1 amide bonds. The Morgan fingerprint density at radius 3 is 1.90 bits per heavy atom. The van der Waals surface area contributed by atoms with Gasteiger partial charge in [0.25, 0.3) is 0 Å². The number of ether oxygens (including phenoxy) is 1. The molecule has 0 unspecified atom stereocenters. The molecule has 3 aromatic carbocycles. The molecule has 0 fully saturated rings. The summed E-state index contributed by atoms with van der Waals surface area (Å²) in [6.45, 7) is 3.73. The Morgan fingerprint density at radius 1 is 0.780 bits per heavy atom. The number of carbonyl (C=O) groups excluding carboxylic acids is 2. The van der Waals surface area contributed by atoms with Crippen molar-refractivity contribution in [1.82, 2.24) is 0 Å². The Hall–Kier alpha value is -4.34. The molecule has 0 aliphatic heterocycles. The summed E-state index contributed by atoms with van der Waals surface area (Å²) >= 11 is 0. The van der Waals surface area contributed by atoms with Crippen LogP contribution in [-0.4, -0.2) is 19.0 Å². The highest BCUT2D eigenvalue weighted by molar-refractivity contribution is 5.95. The monoisotopic (exact) mass is 575 g/mol. The van der Waals surface area contributed by atoms with E-state index >= 15 is 0 Å². The van der Waals surface area contributed by atoms with Crippen molar-refractivity contribution in [2.75, 3.05) is 12.0 Å². The highest BCUT2D eigenvalue weighted by atomic mass is 19.4. The average Bonchev–Trinajstić information content (AvgIpc) is 2.92. The third kappa shape index (κ3) is 8.83. The molecule has 0 radical (unpaired) electrons. The molecule has 0 bridgehead atoms. The maximum absolute atomic E-state index is 13.1. The molecule has 0 spiro atoms. The quantitative estimate of drug-likeness (QED) is 0.118. The zero-order valence-corrected chi connectivity index (χ0v) is 22.4. The second-order valence-corrected chi connectivity index (χ2v) is 9.44. The molecule has 4 nitrogen and oxygen atoms in total. The molecular weight excluding hydrogens is 548 g/mol. The number of nitrogens with zero attached hydrogens (tertiary/aromatic N) is 1. The van der Waals surface area contributed by atoms with E-state index in [9.17, 15) is 35.9 Å². The molecule has 3 rings (SSSR count). The van der Waals surface area contributed by atoms with Crippen LogP contribution in [-0.2, 0) is 33.2 Å². The first kappa shape index (κ1) is 31.2. The van der Waals surface area contributed by atoms with E-state index in [1.165, 1.54) is 25.3 Å². The topological polar surface area (TPSA) is 46.6 Å². The van der Waals surface area contributed by atoms with Crippen LogP contribution in [0.3, 0.4) is 0 Å². The van der Waals surface area contributed by atoms with E-state index in [1.54, 1.807) is 73.4 Å². The maximum Gasteiger partial charge on any atom is 0.416 e. The summed E-state index contributed by atoms with van der Waals surface area (Å²) in [7, 11) is 1.27. The first-order valence-corrected chi connectivity index (χ1v) is 12.4. The van der Waals surface area contributed by atoms with Gasteiger partial charge < -0.3 is 9.64 Å². The normalized spacial score (nSPS) is 12.3. The van der Waals surface area contributed by atoms with Crippen LogP contribution in [0.4, 0.5) is 32.0 Å². The fraction of sp³-hybridized carbons (Fsp3) is 0.226. The van der Waals surface area contributed by atoms with Crippen LogP contribution in [0, 0.1) is 5.92 Å². The smallest absolute Gasteiger partial charge is 0.416 e. The maximum atomic E-state index is 13.1. The third-order valence-corrected chi connectivity index (χ3v) is 5.95. The van der Waals surface area contributed by atoms with E-state index in [-0.39, 0.29) is 30.0 Å². The van der Waals surface area contributed by atoms with Crippen LogP contribution in [0.25, 0.3) is 18.2 Å². The molecule has 10 heteroatoms. The van der Waals surface area contributed by atoms with E-state index in [0.717, 1.165) is 5.56 Å². The van der Waals surface area contributed by atoms with Crippen molar-refractivity contribution >= 4 is 35.8 Å².